The Morgan fingerprint density at radius 3 is 2.68 bits per heavy atom. The minimum atomic E-state index is -0.431. The topological polar surface area (TPSA) is 90.0 Å². The second-order valence-corrected chi connectivity index (χ2v) is 4.48. The number of halogens is 1. The fourth-order valence-electron chi connectivity index (χ4n) is 1.71. The van der Waals surface area contributed by atoms with Crippen molar-refractivity contribution in [3.05, 3.63) is 70.5 Å². The van der Waals surface area contributed by atoms with Crippen molar-refractivity contribution in [1.29, 1.82) is 0 Å². The first-order chi connectivity index (χ1) is 10.6. The molecular formula is C15H15FN4O2. The van der Waals surface area contributed by atoms with Gasteiger partial charge in [-0.1, -0.05) is 12.2 Å². The molecule has 0 saturated heterocycles. The number of carbonyl (C=O) groups is 1. The van der Waals surface area contributed by atoms with Crippen LogP contribution in [0.5, 0.6) is 0 Å². The van der Waals surface area contributed by atoms with Gasteiger partial charge in [-0.3, -0.25) is 9.36 Å². The van der Waals surface area contributed by atoms with E-state index in [1.807, 2.05) is 0 Å². The molecule has 1 heterocycles. The van der Waals surface area contributed by atoms with Crippen molar-refractivity contribution in [1.82, 2.24) is 14.9 Å². The van der Waals surface area contributed by atoms with Crippen LogP contribution in [0.4, 0.5) is 10.2 Å². The summed E-state index contributed by atoms with van der Waals surface area (Å²) in [6, 6.07) is 6.81. The van der Waals surface area contributed by atoms with Gasteiger partial charge in [0.05, 0.1) is 0 Å². The van der Waals surface area contributed by atoms with Crippen LogP contribution in [0, 0.1) is 5.82 Å². The molecule has 7 heteroatoms. The smallest absolute Gasteiger partial charge is 0.349 e. The van der Waals surface area contributed by atoms with Gasteiger partial charge in [-0.05, 0) is 30.3 Å². The van der Waals surface area contributed by atoms with E-state index < -0.39 is 5.69 Å². The van der Waals surface area contributed by atoms with E-state index in [0.717, 1.165) is 0 Å². The molecule has 2 aromatic rings. The van der Waals surface area contributed by atoms with Crippen molar-refractivity contribution in [2.75, 3.05) is 12.3 Å². The van der Waals surface area contributed by atoms with E-state index >= 15 is 0 Å². The van der Waals surface area contributed by atoms with Gasteiger partial charge in [-0.2, -0.15) is 4.98 Å². The van der Waals surface area contributed by atoms with Crippen LogP contribution < -0.4 is 16.7 Å². The van der Waals surface area contributed by atoms with E-state index in [0.29, 0.717) is 18.7 Å². The maximum atomic E-state index is 12.7. The number of aromatic nitrogens is 2. The van der Waals surface area contributed by atoms with E-state index in [1.54, 1.807) is 18.3 Å². The zero-order chi connectivity index (χ0) is 15.9. The van der Waals surface area contributed by atoms with Crippen molar-refractivity contribution >= 4 is 11.7 Å². The predicted molar refractivity (Wildman–Crippen MR) is 80.8 cm³/mol. The minimum Gasteiger partial charge on any atom is -0.383 e. The summed E-state index contributed by atoms with van der Waals surface area (Å²) in [6.45, 7) is 0.631. The van der Waals surface area contributed by atoms with E-state index in [1.165, 1.54) is 34.9 Å². The number of hydrogen-bond donors (Lipinski definition) is 2. The molecule has 0 radical (unpaired) electrons. The Bertz CT molecular complexity index is 738. The molecule has 1 aromatic heterocycles. The van der Waals surface area contributed by atoms with Gasteiger partial charge in [0.15, 0.2) is 0 Å². The number of nitrogens with zero attached hydrogens (tertiary/aromatic N) is 2. The third kappa shape index (κ3) is 4.27. The van der Waals surface area contributed by atoms with Gasteiger partial charge in [0.25, 0.3) is 5.91 Å². The van der Waals surface area contributed by atoms with Crippen molar-refractivity contribution in [3.8, 4) is 0 Å². The van der Waals surface area contributed by atoms with Gasteiger partial charge < -0.3 is 11.1 Å². The maximum absolute atomic E-state index is 12.7. The third-order valence-corrected chi connectivity index (χ3v) is 2.85. The summed E-state index contributed by atoms with van der Waals surface area (Å²) >= 11 is 0. The molecule has 0 aliphatic rings. The normalized spacial score (nSPS) is 10.8. The average molecular weight is 302 g/mol. The maximum Gasteiger partial charge on any atom is 0.349 e. The van der Waals surface area contributed by atoms with Crippen molar-refractivity contribution < 1.29 is 9.18 Å². The monoisotopic (exact) mass is 302 g/mol. The third-order valence-electron chi connectivity index (χ3n) is 2.85. The Labute approximate surface area is 126 Å². The molecule has 0 atom stereocenters. The summed E-state index contributed by atoms with van der Waals surface area (Å²) in [5.74, 6) is -0.508. The number of nitrogens with one attached hydrogen (secondary N) is 1. The molecule has 0 spiro atoms. The minimum absolute atomic E-state index is 0.178. The first-order valence-corrected chi connectivity index (χ1v) is 6.58. The fraction of sp³-hybridized carbons (Fsp3) is 0.133. The molecule has 1 amide bonds. The second kappa shape index (κ2) is 7.16. The lowest BCUT2D eigenvalue weighted by Gasteiger charge is -2.03. The Morgan fingerprint density at radius 1 is 1.27 bits per heavy atom. The molecule has 0 aliphatic heterocycles. The van der Waals surface area contributed by atoms with Crippen LogP contribution in [0.25, 0.3) is 0 Å². The summed E-state index contributed by atoms with van der Waals surface area (Å²) in [5.41, 5.74) is 5.34. The van der Waals surface area contributed by atoms with Crippen LogP contribution >= 0.6 is 0 Å². The lowest BCUT2D eigenvalue weighted by Crippen LogP contribution is -2.24. The van der Waals surface area contributed by atoms with Crippen molar-refractivity contribution in [2.45, 2.75) is 6.54 Å². The summed E-state index contributed by atoms with van der Waals surface area (Å²) < 4.78 is 14.1. The van der Waals surface area contributed by atoms with Crippen LogP contribution in [0.3, 0.4) is 0 Å². The van der Waals surface area contributed by atoms with Crippen molar-refractivity contribution in [2.24, 2.45) is 0 Å². The number of allylic oxidation sites excluding steroid dienone is 1. The molecule has 22 heavy (non-hydrogen) atoms. The molecule has 0 fully saturated rings. The molecule has 114 valence electrons. The first kappa shape index (κ1) is 15.4. The van der Waals surface area contributed by atoms with Crippen LogP contribution in [0.2, 0.25) is 0 Å². The number of carbonyl (C=O) groups excluding carboxylic acids is 1. The molecular weight excluding hydrogens is 287 g/mol. The zero-order valence-corrected chi connectivity index (χ0v) is 11.7. The fourth-order valence-corrected chi connectivity index (χ4v) is 1.71. The van der Waals surface area contributed by atoms with Crippen LogP contribution in [-0.2, 0) is 6.54 Å². The highest BCUT2D eigenvalue weighted by molar-refractivity contribution is 5.94. The molecule has 0 saturated carbocycles. The van der Waals surface area contributed by atoms with Crippen LogP contribution in [0.1, 0.15) is 10.4 Å². The standard InChI is InChI=1S/C15H15FN4O2/c16-12-5-3-11(4-6-12)14(21)18-8-1-2-9-20-10-7-13(17)19-15(20)22/h1-7,10H,8-9H2,(H,18,21)(H2,17,19,22)/b2-1-. The number of rotatable bonds is 5. The van der Waals surface area contributed by atoms with Crippen LogP contribution in [-0.4, -0.2) is 22.0 Å². The van der Waals surface area contributed by atoms with E-state index in [9.17, 15) is 14.0 Å². The molecule has 6 nitrogen and oxygen atoms in total. The Kier molecular flexibility index (Phi) is 5.02. The highest BCUT2D eigenvalue weighted by Gasteiger charge is 2.03. The summed E-state index contributed by atoms with van der Waals surface area (Å²) in [5, 5.41) is 2.66. The summed E-state index contributed by atoms with van der Waals surface area (Å²) in [7, 11) is 0. The molecule has 0 unspecified atom stereocenters. The Hall–Kier alpha value is -2.96. The molecule has 2 rings (SSSR count). The Morgan fingerprint density at radius 2 is 2.00 bits per heavy atom. The van der Waals surface area contributed by atoms with Gasteiger partial charge in [0, 0.05) is 24.8 Å². The predicted octanol–water partition coefficient (Wildman–Crippen LogP) is 0.951. The number of hydrogen-bond acceptors (Lipinski definition) is 4. The highest BCUT2D eigenvalue weighted by Crippen LogP contribution is 2.02. The van der Waals surface area contributed by atoms with Gasteiger partial charge in [0.1, 0.15) is 11.6 Å². The molecule has 0 bridgehead atoms. The number of anilines is 1. The molecule has 1 aromatic carbocycles. The number of amides is 1. The average Bonchev–Trinajstić information content (AvgIpc) is 2.49. The van der Waals surface area contributed by atoms with Crippen molar-refractivity contribution in [3.63, 3.8) is 0 Å². The second-order valence-electron chi connectivity index (χ2n) is 4.48. The largest absolute Gasteiger partial charge is 0.383 e. The molecule has 0 aliphatic carbocycles. The Balaban J connectivity index is 1.82. The van der Waals surface area contributed by atoms with E-state index in [4.69, 9.17) is 5.73 Å². The van der Waals surface area contributed by atoms with Gasteiger partial charge >= 0.3 is 5.69 Å². The summed E-state index contributed by atoms with van der Waals surface area (Å²) in [6.07, 6.45) is 4.99. The zero-order valence-electron chi connectivity index (χ0n) is 11.7. The van der Waals surface area contributed by atoms with E-state index in [-0.39, 0.29) is 17.5 Å². The van der Waals surface area contributed by atoms with Gasteiger partial charge in [0.2, 0.25) is 0 Å². The number of nitrogen functional groups attached to an aromatic ring is 1. The van der Waals surface area contributed by atoms with Gasteiger partial charge in [-0.25, -0.2) is 9.18 Å². The van der Waals surface area contributed by atoms with E-state index in [2.05, 4.69) is 10.3 Å². The van der Waals surface area contributed by atoms with Crippen LogP contribution in [0.15, 0.2) is 53.5 Å². The number of benzene rings is 1. The lowest BCUT2D eigenvalue weighted by atomic mass is 10.2. The quantitative estimate of drug-likeness (QED) is 0.805. The summed E-state index contributed by atoms with van der Waals surface area (Å²) in [4.78, 5) is 26.8. The number of nitrogens with two attached hydrogens (primary N) is 1. The first-order valence-electron chi connectivity index (χ1n) is 6.58. The highest BCUT2D eigenvalue weighted by atomic mass is 19.1. The lowest BCUT2D eigenvalue weighted by molar-refractivity contribution is 0.0958. The SMILES string of the molecule is Nc1ccn(C/C=C\CNC(=O)c2ccc(F)cc2)c(=O)n1. The van der Waals surface area contributed by atoms with Gasteiger partial charge in [-0.15, -0.1) is 0 Å². The molecule has 3 N–H and O–H groups in total.